The van der Waals surface area contributed by atoms with Crippen molar-refractivity contribution < 1.29 is 4.74 Å². The highest BCUT2D eigenvalue weighted by molar-refractivity contribution is 5.47. The van der Waals surface area contributed by atoms with Crippen LogP contribution in [0.25, 0.3) is 0 Å². The fourth-order valence-corrected chi connectivity index (χ4v) is 3.51. The van der Waals surface area contributed by atoms with Crippen LogP contribution in [0.5, 0.6) is 0 Å². The molecule has 1 aliphatic rings. The van der Waals surface area contributed by atoms with Crippen molar-refractivity contribution in [3.8, 4) is 0 Å². The first kappa shape index (κ1) is 18.8. The van der Waals surface area contributed by atoms with Gasteiger partial charge in [-0.25, -0.2) is 4.68 Å². The van der Waals surface area contributed by atoms with E-state index in [1.165, 1.54) is 24.1 Å². The Labute approximate surface area is 155 Å². The van der Waals surface area contributed by atoms with Crippen LogP contribution in [0.3, 0.4) is 0 Å². The van der Waals surface area contributed by atoms with Crippen molar-refractivity contribution in [2.75, 3.05) is 45.8 Å². The molecule has 2 aromatic rings. The van der Waals surface area contributed by atoms with Crippen LogP contribution in [-0.2, 0) is 11.3 Å². The third kappa shape index (κ3) is 4.22. The summed E-state index contributed by atoms with van der Waals surface area (Å²) < 4.78 is 7.10. The summed E-state index contributed by atoms with van der Waals surface area (Å²) in [5.41, 5.74) is 2.43. The number of hydrogen-bond donors (Lipinski definition) is 0. The van der Waals surface area contributed by atoms with E-state index in [4.69, 9.17) is 4.74 Å². The maximum atomic E-state index is 5.22. The van der Waals surface area contributed by atoms with Crippen LogP contribution in [0, 0.1) is 5.92 Å². The van der Waals surface area contributed by atoms with Gasteiger partial charge < -0.3 is 9.64 Å². The molecule has 1 atom stereocenters. The predicted molar refractivity (Wildman–Crippen MR) is 102 cm³/mol. The van der Waals surface area contributed by atoms with Gasteiger partial charge in [0.2, 0.25) is 0 Å². The normalized spacial score (nSPS) is 17.4. The first-order valence-electron chi connectivity index (χ1n) is 9.36. The quantitative estimate of drug-likeness (QED) is 0.756. The number of benzene rings is 1. The van der Waals surface area contributed by atoms with Gasteiger partial charge >= 0.3 is 0 Å². The minimum atomic E-state index is 0.0746. The summed E-state index contributed by atoms with van der Waals surface area (Å²) in [5.74, 6) is 1.68. The van der Waals surface area contributed by atoms with Crippen LogP contribution < -0.4 is 4.90 Å². The number of rotatable bonds is 7. The molecule has 2 heterocycles. The Hall–Kier alpha value is -1.99. The third-order valence-corrected chi connectivity index (χ3v) is 5.22. The number of nitrogens with zero attached hydrogens (tertiary/aromatic N) is 6. The second-order valence-electron chi connectivity index (χ2n) is 7.36. The largest absolute Gasteiger partial charge is 0.383 e. The Morgan fingerprint density at radius 2 is 1.88 bits per heavy atom. The molecular weight excluding hydrogens is 328 g/mol. The SMILES string of the molecule is COCCn1nnnc1C(c1ccc(N(C)C)cc1)N1CCC(C)CC1. The average Bonchev–Trinajstić information content (AvgIpc) is 3.10. The molecule has 1 unspecified atom stereocenters. The molecule has 1 saturated heterocycles. The summed E-state index contributed by atoms with van der Waals surface area (Å²) in [5, 5.41) is 12.5. The molecule has 7 nitrogen and oxygen atoms in total. The lowest BCUT2D eigenvalue weighted by molar-refractivity contribution is 0.144. The average molecular weight is 358 g/mol. The lowest BCUT2D eigenvalue weighted by atomic mass is 9.95. The number of piperidine rings is 1. The lowest BCUT2D eigenvalue weighted by Gasteiger charge is -2.36. The van der Waals surface area contributed by atoms with Gasteiger partial charge in [0, 0.05) is 26.9 Å². The molecule has 1 aromatic heterocycles. The molecule has 0 radical (unpaired) electrons. The molecule has 142 valence electrons. The predicted octanol–water partition coefficient (Wildman–Crippen LogP) is 2.21. The van der Waals surface area contributed by atoms with Crippen molar-refractivity contribution >= 4 is 5.69 Å². The molecule has 0 amide bonds. The van der Waals surface area contributed by atoms with E-state index < -0.39 is 0 Å². The van der Waals surface area contributed by atoms with Gasteiger partial charge in [0.05, 0.1) is 19.2 Å². The minimum Gasteiger partial charge on any atom is -0.383 e. The van der Waals surface area contributed by atoms with Crippen molar-refractivity contribution in [2.45, 2.75) is 32.4 Å². The van der Waals surface area contributed by atoms with E-state index in [1.54, 1.807) is 7.11 Å². The minimum absolute atomic E-state index is 0.0746. The highest BCUT2D eigenvalue weighted by Gasteiger charge is 2.30. The highest BCUT2D eigenvalue weighted by atomic mass is 16.5. The van der Waals surface area contributed by atoms with Crippen molar-refractivity contribution in [1.82, 2.24) is 25.1 Å². The second kappa shape index (κ2) is 8.60. The van der Waals surface area contributed by atoms with E-state index in [2.05, 4.69) is 70.6 Å². The molecule has 26 heavy (non-hydrogen) atoms. The first-order valence-corrected chi connectivity index (χ1v) is 9.36. The standard InChI is InChI=1S/C19H30N6O/c1-15-9-11-24(12-10-15)18(16-5-7-17(8-6-16)23(2)3)19-20-21-22-25(19)13-14-26-4/h5-8,15,18H,9-14H2,1-4H3. The Morgan fingerprint density at radius 3 is 2.50 bits per heavy atom. The van der Waals surface area contributed by atoms with E-state index in [0.29, 0.717) is 13.2 Å². The summed E-state index contributed by atoms with van der Waals surface area (Å²) >= 11 is 0. The molecule has 7 heteroatoms. The molecule has 0 bridgehead atoms. The van der Waals surface area contributed by atoms with Gasteiger partial charge in [-0.15, -0.1) is 5.10 Å². The van der Waals surface area contributed by atoms with Crippen LogP contribution in [-0.4, -0.2) is 66.0 Å². The topological polar surface area (TPSA) is 59.3 Å². The molecule has 0 saturated carbocycles. The number of tetrazole rings is 1. The van der Waals surface area contributed by atoms with Crippen LogP contribution in [0.2, 0.25) is 0 Å². The zero-order valence-corrected chi connectivity index (χ0v) is 16.3. The van der Waals surface area contributed by atoms with E-state index in [9.17, 15) is 0 Å². The Balaban J connectivity index is 1.93. The zero-order valence-electron chi connectivity index (χ0n) is 16.3. The monoisotopic (exact) mass is 358 g/mol. The number of hydrogen-bond acceptors (Lipinski definition) is 6. The summed E-state index contributed by atoms with van der Waals surface area (Å²) in [7, 11) is 5.82. The van der Waals surface area contributed by atoms with Crippen molar-refractivity contribution in [3.63, 3.8) is 0 Å². The Kier molecular flexibility index (Phi) is 6.21. The third-order valence-electron chi connectivity index (χ3n) is 5.22. The molecule has 0 spiro atoms. The summed E-state index contributed by atoms with van der Waals surface area (Å²) in [6, 6.07) is 8.81. The maximum absolute atomic E-state index is 5.22. The first-order chi connectivity index (χ1) is 12.6. The van der Waals surface area contributed by atoms with E-state index in [1.807, 2.05) is 4.68 Å². The molecule has 0 N–H and O–H groups in total. The van der Waals surface area contributed by atoms with Crippen LogP contribution >= 0.6 is 0 Å². The fraction of sp³-hybridized carbons (Fsp3) is 0.632. The molecule has 0 aliphatic carbocycles. The molecular formula is C19H30N6O. The number of methoxy groups -OCH3 is 1. The fourth-order valence-electron chi connectivity index (χ4n) is 3.51. The summed E-state index contributed by atoms with van der Waals surface area (Å²) in [6.07, 6.45) is 2.43. The smallest absolute Gasteiger partial charge is 0.173 e. The molecule has 3 rings (SSSR count). The number of aromatic nitrogens is 4. The number of ether oxygens (including phenoxy) is 1. The van der Waals surface area contributed by atoms with Gasteiger partial charge in [0.15, 0.2) is 5.82 Å². The zero-order chi connectivity index (χ0) is 18.5. The van der Waals surface area contributed by atoms with Crippen LogP contribution in [0.15, 0.2) is 24.3 Å². The van der Waals surface area contributed by atoms with E-state index >= 15 is 0 Å². The van der Waals surface area contributed by atoms with Gasteiger partial charge in [0.1, 0.15) is 0 Å². The second-order valence-corrected chi connectivity index (χ2v) is 7.36. The van der Waals surface area contributed by atoms with Gasteiger partial charge in [-0.05, 0) is 60.0 Å². The number of likely N-dealkylation sites (tertiary alicyclic amines) is 1. The van der Waals surface area contributed by atoms with Crippen molar-refractivity contribution in [3.05, 3.63) is 35.7 Å². The van der Waals surface area contributed by atoms with E-state index in [0.717, 1.165) is 24.8 Å². The van der Waals surface area contributed by atoms with Gasteiger partial charge in [-0.1, -0.05) is 19.1 Å². The van der Waals surface area contributed by atoms with E-state index in [-0.39, 0.29) is 6.04 Å². The Bertz CT molecular complexity index is 676. The molecule has 1 aliphatic heterocycles. The van der Waals surface area contributed by atoms with Crippen molar-refractivity contribution in [2.24, 2.45) is 5.92 Å². The summed E-state index contributed by atoms with van der Waals surface area (Å²) in [6.45, 7) is 5.73. The number of anilines is 1. The molecule has 1 aromatic carbocycles. The lowest BCUT2D eigenvalue weighted by Crippen LogP contribution is -2.38. The highest BCUT2D eigenvalue weighted by Crippen LogP contribution is 2.32. The Morgan fingerprint density at radius 1 is 1.19 bits per heavy atom. The van der Waals surface area contributed by atoms with Gasteiger partial charge in [-0.3, -0.25) is 4.90 Å². The van der Waals surface area contributed by atoms with Gasteiger partial charge in [0.25, 0.3) is 0 Å². The summed E-state index contributed by atoms with van der Waals surface area (Å²) in [4.78, 5) is 4.63. The van der Waals surface area contributed by atoms with Gasteiger partial charge in [-0.2, -0.15) is 0 Å². The van der Waals surface area contributed by atoms with Crippen LogP contribution in [0.4, 0.5) is 5.69 Å². The maximum Gasteiger partial charge on any atom is 0.173 e. The van der Waals surface area contributed by atoms with Crippen molar-refractivity contribution in [1.29, 1.82) is 0 Å². The van der Waals surface area contributed by atoms with Crippen LogP contribution in [0.1, 0.15) is 37.2 Å². The molecule has 1 fully saturated rings.